The number of hydrogen-bond acceptors (Lipinski definition) is 3. The van der Waals surface area contributed by atoms with Crippen molar-refractivity contribution in [1.29, 1.82) is 0 Å². The molecule has 5 heteroatoms. The van der Waals surface area contributed by atoms with Crippen LogP contribution in [0.2, 0.25) is 0 Å². The first-order valence-corrected chi connectivity index (χ1v) is 6.36. The summed E-state index contributed by atoms with van der Waals surface area (Å²) < 4.78 is 2.04. The van der Waals surface area contributed by atoms with E-state index in [4.69, 9.17) is 5.11 Å². The van der Waals surface area contributed by atoms with Crippen molar-refractivity contribution >= 4 is 11.7 Å². The average Bonchev–Trinajstić information content (AvgIpc) is 2.65. The van der Waals surface area contributed by atoms with Crippen molar-refractivity contribution in [3.8, 4) is 0 Å². The van der Waals surface area contributed by atoms with Crippen LogP contribution in [0.4, 0.5) is 0 Å². The minimum Gasteiger partial charge on any atom is -0.481 e. The number of aromatic nitrogens is 2. The van der Waals surface area contributed by atoms with Gasteiger partial charge in [-0.15, -0.1) is 0 Å². The van der Waals surface area contributed by atoms with Crippen molar-refractivity contribution in [2.24, 2.45) is 4.99 Å². The second kappa shape index (κ2) is 6.87. The molecule has 1 rings (SSSR count). The monoisotopic (exact) mass is 263 g/mol. The predicted octanol–water partition coefficient (Wildman–Crippen LogP) is 2.79. The topological polar surface area (TPSA) is 67.5 Å². The van der Waals surface area contributed by atoms with Gasteiger partial charge in [-0.1, -0.05) is 6.58 Å². The van der Waals surface area contributed by atoms with Crippen molar-refractivity contribution in [1.82, 2.24) is 9.55 Å². The summed E-state index contributed by atoms with van der Waals surface area (Å²) in [7, 11) is 0. The Balaban J connectivity index is 2.66. The number of aryl methyl sites for hydroxylation is 1. The van der Waals surface area contributed by atoms with Gasteiger partial charge in [0, 0.05) is 24.4 Å². The summed E-state index contributed by atoms with van der Waals surface area (Å²) in [6.07, 6.45) is 3.51. The van der Waals surface area contributed by atoms with Crippen molar-refractivity contribution in [2.75, 3.05) is 0 Å². The summed E-state index contributed by atoms with van der Waals surface area (Å²) in [5.74, 6) is -0.743. The molecule has 1 aromatic heterocycles. The van der Waals surface area contributed by atoms with Gasteiger partial charge in [-0.05, 0) is 33.6 Å². The smallest absolute Gasteiger partial charge is 0.303 e. The third-order valence-corrected chi connectivity index (χ3v) is 2.84. The Hall–Kier alpha value is -1.91. The highest BCUT2D eigenvalue weighted by molar-refractivity contribution is 5.98. The highest BCUT2D eigenvalue weighted by atomic mass is 16.4. The quantitative estimate of drug-likeness (QED) is 0.607. The lowest BCUT2D eigenvalue weighted by atomic mass is 10.2. The molecule has 0 aliphatic carbocycles. The minimum atomic E-state index is -0.743. The molecule has 19 heavy (non-hydrogen) atoms. The van der Waals surface area contributed by atoms with E-state index in [0.717, 1.165) is 35.8 Å². The first-order chi connectivity index (χ1) is 8.91. The number of carboxylic acid groups (broad SMARTS) is 1. The SMILES string of the molecule is C=C(C)N=C(C)c1ncn(CCCCC(=O)O)c1C. The van der Waals surface area contributed by atoms with E-state index in [-0.39, 0.29) is 6.42 Å². The van der Waals surface area contributed by atoms with Crippen LogP contribution in [0, 0.1) is 6.92 Å². The van der Waals surface area contributed by atoms with Crippen LogP contribution in [-0.2, 0) is 11.3 Å². The molecular formula is C14H21N3O2. The molecule has 0 aliphatic rings. The van der Waals surface area contributed by atoms with Gasteiger partial charge in [0.05, 0.1) is 12.0 Å². The lowest BCUT2D eigenvalue weighted by Gasteiger charge is -2.05. The van der Waals surface area contributed by atoms with E-state index in [2.05, 4.69) is 16.6 Å². The molecule has 0 aromatic carbocycles. The molecule has 0 atom stereocenters. The summed E-state index contributed by atoms with van der Waals surface area (Å²) >= 11 is 0. The largest absolute Gasteiger partial charge is 0.481 e. The molecule has 0 saturated carbocycles. The van der Waals surface area contributed by atoms with Gasteiger partial charge in [0.25, 0.3) is 0 Å². The Kier molecular flexibility index (Phi) is 5.48. The zero-order valence-corrected chi connectivity index (χ0v) is 11.8. The third-order valence-electron chi connectivity index (χ3n) is 2.84. The second-order valence-corrected chi connectivity index (χ2v) is 4.66. The van der Waals surface area contributed by atoms with Gasteiger partial charge >= 0.3 is 5.97 Å². The fourth-order valence-electron chi connectivity index (χ4n) is 1.92. The molecule has 1 aromatic rings. The molecule has 0 unspecified atom stereocenters. The summed E-state index contributed by atoms with van der Waals surface area (Å²) in [5, 5.41) is 8.58. The number of carboxylic acids is 1. The molecule has 0 fully saturated rings. The summed E-state index contributed by atoms with van der Waals surface area (Å²) in [5.41, 5.74) is 3.54. The van der Waals surface area contributed by atoms with Crippen LogP contribution in [0.15, 0.2) is 23.6 Å². The van der Waals surface area contributed by atoms with E-state index in [0.29, 0.717) is 6.42 Å². The molecule has 104 valence electrons. The maximum Gasteiger partial charge on any atom is 0.303 e. The molecule has 0 aliphatic heterocycles. The van der Waals surface area contributed by atoms with Crippen LogP contribution >= 0.6 is 0 Å². The zero-order chi connectivity index (χ0) is 14.4. The van der Waals surface area contributed by atoms with Crippen LogP contribution in [0.1, 0.15) is 44.5 Å². The lowest BCUT2D eigenvalue weighted by Crippen LogP contribution is -2.04. The van der Waals surface area contributed by atoms with Crippen molar-refractivity contribution < 1.29 is 9.90 Å². The van der Waals surface area contributed by atoms with Crippen molar-refractivity contribution in [3.63, 3.8) is 0 Å². The maximum absolute atomic E-state index is 10.4. The normalized spacial score (nSPS) is 11.6. The zero-order valence-electron chi connectivity index (χ0n) is 11.8. The number of carbonyl (C=O) groups is 1. The van der Waals surface area contributed by atoms with E-state index >= 15 is 0 Å². The molecule has 1 heterocycles. The van der Waals surface area contributed by atoms with E-state index in [1.807, 2.05) is 25.3 Å². The molecule has 0 saturated heterocycles. The molecular weight excluding hydrogens is 242 g/mol. The van der Waals surface area contributed by atoms with E-state index in [1.165, 1.54) is 0 Å². The highest BCUT2D eigenvalue weighted by Gasteiger charge is 2.09. The highest BCUT2D eigenvalue weighted by Crippen LogP contribution is 2.11. The number of rotatable bonds is 7. The predicted molar refractivity (Wildman–Crippen MR) is 75.5 cm³/mol. The number of nitrogens with zero attached hydrogens (tertiary/aromatic N) is 3. The minimum absolute atomic E-state index is 0.219. The van der Waals surface area contributed by atoms with Gasteiger partial charge in [-0.25, -0.2) is 4.98 Å². The first kappa shape index (κ1) is 15.1. The number of imidazole rings is 1. The van der Waals surface area contributed by atoms with Gasteiger partial charge in [-0.3, -0.25) is 9.79 Å². The summed E-state index contributed by atoms with van der Waals surface area (Å²) in [6, 6.07) is 0. The Morgan fingerprint density at radius 2 is 2.16 bits per heavy atom. The lowest BCUT2D eigenvalue weighted by molar-refractivity contribution is -0.137. The van der Waals surface area contributed by atoms with Gasteiger partial charge in [0.15, 0.2) is 0 Å². The summed E-state index contributed by atoms with van der Waals surface area (Å²) in [4.78, 5) is 19.1. The molecule has 5 nitrogen and oxygen atoms in total. The van der Waals surface area contributed by atoms with Crippen LogP contribution in [0.3, 0.4) is 0 Å². The standard InChI is InChI=1S/C14H21N3O2/c1-10(2)16-11(3)14-12(4)17(9-15-14)8-6-5-7-13(18)19/h9H,1,5-8H2,2-4H3,(H,18,19). The Morgan fingerprint density at radius 3 is 2.74 bits per heavy atom. The van der Waals surface area contributed by atoms with Crippen LogP contribution < -0.4 is 0 Å². The summed E-state index contributed by atoms with van der Waals surface area (Å²) in [6.45, 7) is 10.3. The van der Waals surface area contributed by atoms with Crippen LogP contribution in [0.5, 0.6) is 0 Å². The number of hydrogen-bond donors (Lipinski definition) is 1. The fourth-order valence-corrected chi connectivity index (χ4v) is 1.92. The Bertz CT molecular complexity index is 501. The molecule has 0 radical (unpaired) electrons. The third kappa shape index (κ3) is 4.69. The maximum atomic E-state index is 10.4. The van der Waals surface area contributed by atoms with Gasteiger partial charge < -0.3 is 9.67 Å². The number of aliphatic carboxylic acids is 1. The molecule has 0 spiro atoms. The fraction of sp³-hybridized carbons (Fsp3) is 0.500. The van der Waals surface area contributed by atoms with Crippen LogP contribution in [-0.4, -0.2) is 26.3 Å². The number of aliphatic imine (C=N–C) groups is 1. The molecule has 0 amide bonds. The average molecular weight is 263 g/mol. The second-order valence-electron chi connectivity index (χ2n) is 4.66. The Morgan fingerprint density at radius 1 is 1.47 bits per heavy atom. The van der Waals surface area contributed by atoms with Gasteiger partial charge in [-0.2, -0.15) is 0 Å². The van der Waals surface area contributed by atoms with Crippen molar-refractivity contribution in [3.05, 3.63) is 30.0 Å². The molecule has 1 N–H and O–H groups in total. The number of allylic oxidation sites excluding steroid dienone is 1. The van der Waals surface area contributed by atoms with E-state index in [1.54, 1.807) is 6.33 Å². The van der Waals surface area contributed by atoms with Gasteiger partial charge in [0.2, 0.25) is 0 Å². The first-order valence-electron chi connectivity index (χ1n) is 6.36. The number of unbranched alkanes of at least 4 members (excludes halogenated alkanes) is 1. The van der Waals surface area contributed by atoms with E-state index in [9.17, 15) is 4.79 Å². The van der Waals surface area contributed by atoms with E-state index < -0.39 is 5.97 Å². The van der Waals surface area contributed by atoms with Crippen molar-refractivity contribution in [2.45, 2.75) is 46.6 Å². The van der Waals surface area contributed by atoms with Crippen LogP contribution in [0.25, 0.3) is 0 Å². The van der Waals surface area contributed by atoms with Gasteiger partial charge in [0.1, 0.15) is 5.69 Å². The molecule has 0 bridgehead atoms. The Labute approximate surface area is 113 Å².